The van der Waals surface area contributed by atoms with Crippen molar-refractivity contribution in [2.75, 3.05) is 5.32 Å². The number of aromatic nitrogens is 1. The summed E-state index contributed by atoms with van der Waals surface area (Å²) in [6, 6.07) is 3.63. The van der Waals surface area contributed by atoms with E-state index in [1.807, 2.05) is 26.8 Å². The van der Waals surface area contributed by atoms with Gasteiger partial charge in [0.05, 0.1) is 0 Å². The third kappa shape index (κ3) is 2.86. The molecule has 0 fully saturated rings. The Hall–Kier alpha value is -1.38. The van der Waals surface area contributed by atoms with Crippen molar-refractivity contribution in [1.29, 1.82) is 0 Å². The van der Waals surface area contributed by atoms with Crippen molar-refractivity contribution >= 4 is 11.6 Å². The number of aryl methyl sites for hydroxylation is 1. The van der Waals surface area contributed by atoms with Gasteiger partial charge in [0.25, 0.3) is 0 Å². The van der Waals surface area contributed by atoms with Crippen LogP contribution in [0.15, 0.2) is 18.3 Å². The van der Waals surface area contributed by atoms with Crippen molar-refractivity contribution in [3.05, 3.63) is 24.0 Å². The van der Waals surface area contributed by atoms with Crippen LogP contribution in [0.4, 0.5) is 5.69 Å². The van der Waals surface area contributed by atoms with Crippen molar-refractivity contribution in [3.63, 3.8) is 0 Å². The smallest absolute Gasteiger partial charge is 0.226 e. The van der Waals surface area contributed by atoms with Gasteiger partial charge in [-0.15, -0.1) is 0 Å². The monoisotopic (exact) mass is 178 g/mol. The number of carbonyl (C=O) groups is 1. The predicted octanol–water partition coefficient (Wildman–Crippen LogP) is 1.98. The number of hydrogen-bond donors (Lipinski definition) is 1. The largest absolute Gasteiger partial charge is 0.326 e. The van der Waals surface area contributed by atoms with Crippen molar-refractivity contribution in [1.82, 2.24) is 4.98 Å². The molecule has 1 amide bonds. The molecular formula is C10H14N2O. The van der Waals surface area contributed by atoms with Gasteiger partial charge in [-0.05, 0) is 19.1 Å². The van der Waals surface area contributed by atoms with Gasteiger partial charge in [-0.3, -0.25) is 9.78 Å². The minimum absolute atomic E-state index is 0.00784. The highest BCUT2D eigenvalue weighted by atomic mass is 16.1. The van der Waals surface area contributed by atoms with Crippen LogP contribution >= 0.6 is 0 Å². The Morgan fingerprint density at radius 3 is 2.77 bits per heavy atom. The second-order valence-electron chi connectivity index (χ2n) is 3.33. The Morgan fingerprint density at radius 2 is 2.23 bits per heavy atom. The van der Waals surface area contributed by atoms with Crippen LogP contribution in [0.5, 0.6) is 0 Å². The zero-order valence-corrected chi connectivity index (χ0v) is 8.16. The van der Waals surface area contributed by atoms with E-state index < -0.39 is 0 Å². The molecule has 1 rings (SSSR count). The van der Waals surface area contributed by atoms with E-state index in [9.17, 15) is 4.79 Å². The molecule has 1 N–H and O–H groups in total. The summed E-state index contributed by atoms with van der Waals surface area (Å²) in [7, 11) is 0. The molecule has 0 atom stereocenters. The summed E-state index contributed by atoms with van der Waals surface area (Å²) in [5.41, 5.74) is 1.72. The molecule has 0 aliphatic heterocycles. The third-order valence-corrected chi connectivity index (χ3v) is 1.69. The van der Waals surface area contributed by atoms with Gasteiger partial charge in [-0.2, -0.15) is 0 Å². The fraction of sp³-hybridized carbons (Fsp3) is 0.400. The summed E-state index contributed by atoms with van der Waals surface area (Å²) in [4.78, 5) is 15.3. The van der Waals surface area contributed by atoms with Gasteiger partial charge in [0.15, 0.2) is 0 Å². The lowest BCUT2D eigenvalue weighted by molar-refractivity contribution is -0.118. The van der Waals surface area contributed by atoms with E-state index >= 15 is 0 Å². The fourth-order valence-corrected chi connectivity index (χ4v) is 0.910. The standard InChI is InChI=1S/C10H14N2O/c1-7(2)10(13)12-9-4-5-11-8(3)6-9/h4-7H,1-3H3,(H,11,12,13). The third-order valence-electron chi connectivity index (χ3n) is 1.69. The zero-order chi connectivity index (χ0) is 9.84. The molecule has 13 heavy (non-hydrogen) atoms. The van der Waals surface area contributed by atoms with Crippen molar-refractivity contribution in [2.45, 2.75) is 20.8 Å². The van der Waals surface area contributed by atoms with Crippen LogP contribution in [-0.2, 0) is 4.79 Å². The van der Waals surface area contributed by atoms with Crippen LogP contribution in [0, 0.1) is 12.8 Å². The Kier molecular flexibility index (Phi) is 3.01. The Bertz CT molecular complexity index is 308. The average Bonchev–Trinajstić information content (AvgIpc) is 2.04. The number of amides is 1. The molecule has 3 heteroatoms. The first-order valence-corrected chi connectivity index (χ1v) is 4.33. The van der Waals surface area contributed by atoms with Crippen molar-refractivity contribution < 1.29 is 4.79 Å². The summed E-state index contributed by atoms with van der Waals surface area (Å²) in [6.07, 6.45) is 1.69. The molecule has 70 valence electrons. The fourth-order valence-electron chi connectivity index (χ4n) is 0.910. The van der Waals surface area contributed by atoms with E-state index in [1.165, 1.54) is 0 Å². The first kappa shape index (κ1) is 9.71. The minimum atomic E-state index is 0.00784. The molecule has 1 aromatic heterocycles. The van der Waals surface area contributed by atoms with Gasteiger partial charge in [0.1, 0.15) is 0 Å². The molecule has 0 bridgehead atoms. The molecule has 3 nitrogen and oxygen atoms in total. The first-order valence-electron chi connectivity index (χ1n) is 4.33. The van der Waals surface area contributed by atoms with E-state index in [2.05, 4.69) is 10.3 Å². The lowest BCUT2D eigenvalue weighted by Gasteiger charge is -2.07. The molecule has 0 aromatic carbocycles. The molecule has 0 spiro atoms. The second kappa shape index (κ2) is 4.03. The molecule has 0 saturated carbocycles. The Labute approximate surface area is 78.2 Å². The van der Waals surface area contributed by atoms with E-state index in [0.29, 0.717) is 0 Å². The molecule has 0 unspecified atom stereocenters. The molecule has 0 aliphatic carbocycles. The zero-order valence-electron chi connectivity index (χ0n) is 8.16. The quantitative estimate of drug-likeness (QED) is 0.752. The van der Waals surface area contributed by atoms with Gasteiger partial charge in [0.2, 0.25) is 5.91 Å². The minimum Gasteiger partial charge on any atom is -0.326 e. The lowest BCUT2D eigenvalue weighted by atomic mass is 10.2. The van der Waals surface area contributed by atoms with Crippen LogP contribution < -0.4 is 5.32 Å². The number of carbonyl (C=O) groups excluding carboxylic acids is 1. The molecular weight excluding hydrogens is 164 g/mol. The topological polar surface area (TPSA) is 42.0 Å². The van der Waals surface area contributed by atoms with Gasteiger partial charge < -0.3 is 5.32 Å². The summed E-state index contributed by atoms with van der Waals surface area (Å²) >= 11 is 0. The van der Waals surface area contributed by atoms with E-state index in [4.69, 9.17) is 0 Å². The molecule has 0 aliphatic rings. The van der Waals surface area contributed by atoms with E-state index in [-0.39, 0.29) is 11.8 Å². The normalized spacial score (nSPS) is 10.2. The van der Waals surface area contributed by atoms with Crippen molar-refractivity contribution in [2.24, 2.45) is 5.92 Å². The number of anilines is 1. The van der Waals surface area contributed by atoms with E-state index in [0.717, 1.165) is 11.4 Å². The average molecular weight is 178 g/mol. The molecule has 1 heterocycles. The number of hydrogen-bond acceptors (Lipinski definition) is 2. The lowest BCUT2D eigenvalue weighted by Crippen LogP contribution is -2.17. The van der Waals surface area contributed by atoms with Crippen LogP contribution in [-0.4, -0.2) is 10.9 Å². The molecule has 0 saturated heterocycles. The maximum absolute atomic E-state index is 11.3. The Balaban J connectivity index is 2.69. The number of nitrogens with zero attached hydrogens (tertiary/aromatic N) is 1. The molecule has 0 radical (unpaired) electrons. The van der Waals surface area contributed by atoms with Gasteiger partial charge in [-0.25, -0.2) is 0 Å². The molecule has 1 aromatic rings. The number of nitrogens with one attached hydrogen (secondary N) is 1. The van der Waals surface area contributed by atoms with Crippen LogP contribution in [0.1, 0.15) is 19.5 Å². The van der Waals surface area contributed by atoms with Crippen LogP contribution in [0.3, 0.4) is 0 Å². The van der Waals surface area contributed by atoms with Gasteiger partial charge in [0, 0.05) is 23.5 Å². The maximum Gasteiger partial charge on any atom is 0.226 e. The van der Waals surface area contributed by atoms with Gasteiger partial charge in [-0.1, -0.05) is 13.8 Å². The SMILES string of the molecule is Cc1cc(NC(=O)C(C)C)ccn1. The Morgan fingerprint density at radius 1 is 1.54 bits per heavy atom. The highest BCUT2D eigenvalue weighted by Gasteiger charge is 2.06. The number of rotatable bonds is 2. The highest BCUT2D eigenvalue weighted by molar-refractivity contribution is 5.91. The summed E-state index contributed by atoms with van der Waals surface area (Å²) < 4.78 is 0. The maximum atomic E-state index is 11.3. The van der Waals surface area contributed by atoms with Crippen molar-refractivity contribution in [3.8, 4) is 0 Å². The van der Waals surface area contributed by atoms with Crippen LogP contribution in [0.25, 0.3) is 0 Å². The summed E-state index contributed by atoms with van der Waals surface area (Å²) in [5, 5.41) is 2.80. The van der Waals surface area contributed by atoms with Crippen LogP contribution in [0.2, 0.25) is 0 Å². The number of pyridine rings is 1. The van der Waals surface area contributed by atoms with Gasteiger partial charge >= 0.3 is 0 Å². The second-order valence-corrected chi connectivity index (χ2v) is 3.33. The highest BCUT2D eigenvalue weighted by Crippen LogP contribution is 2.08. The summed E-state index contributed by atoms with van der Waals surface area (Å²) in [6.45, 7) is 5.62. The summed E-state index contributed by atoms with van der Waals surface area (Å²) in [5.74, 6) is 0.0408. The van der Waals surface area contributed by atoms with E-state index in [1.54, 1.807) is 12.3 Å². The first-order chi connectivity index (χ1) is 6.09. The predicted molar refractivity (Wildman–Crippen MR) is 52.4 cm³/mol.